The molecule has 1 fully saturated rings. The van der Waals surface area contributed by atoms with Crippen molar-refractivity contribution in [3.05, 3.63) is 0 Å². The Morgan fingerprint density at radius 3 is 1.93 bits per heavy atom. The third-order valence-electron chi connectivity index (χ3n) is 5.33. The first-order chi connectivity index (χ1) is 14.0. The largest absolute Gasteiger partial charge is 0.481 e. The van der Waals surface area contributed by atoms with Gasteiger partial charge in [-0.3, -0.25) is 14.5 Å². The number of nitrogens with zero attached hydrogens (tertiary/aromatic N) is 3. The predicted molar refractivity (Wildman–Crippen MR) is 114 cm³/mol. The molecule has 6 N–H and O–H groups in total. The summed E-state index contributed by atoms with van der Waals surface area (Å²) in [5.41, 5.74) is -0.307. The van der Waals surface area contributed by atoms with Gasteiger partial charge in [-0.25, -0.2) is 0 Å². The van der Waals surface area contributed by atoms with Gasteiger partial charge in [0.1, 0.15) is 0 Å². The van der Waals surface area contributed by atoms with Crippen molar-refractivity contribution in [3.8, 4) is 0 Å². The Hall–Kier alpha value is -2.24. The molecule has 11 nitrogen and oxygen atoms in total. The standard InChI is InChI=1S/C19H36N6O5/c1-18(2)14(23-29)13-15(24-30)19(3,4)22-9-12-25(11-8-21-18)10-7-20-16(26)5-6-17(27)28/h21-22,29-30H,5-13H2,1-4H3,(H,20,26)(H,27,28)/b23-14-,24-15-. The van der Waals surface area contributed by atoms with Crippen LogP contribution in [0.25, 0.3) is 0 Å². The van der Waals surface area contributed by atoms with Crippen molar-refractivity contribution in [2.45, 2.75) is 58.0 Å². The van der Waals surface area contributed by atoms with Gasteiger partial charge in [0.05, 0.1) is 28.9 Å². The van der Waals surface area contributed by atoms with Crippen molar-refractivity contribution in [3.63, 3.8) is 0 Å². The molecule has 1 aliphatic heterocycles. The lowest BCUT2D eigenvalue weighted by Crippen LogP contribution is -2.56. The summed E-state index contributed by atoms with van der Waals surface area (Å²) in [5.74, 6) is -1.27. The Labute approximate surface area is 177 Å². The molecule has 0 aliphatic carbocycles. The zero-order valence-corrected chi connectivity index (χ0v) is 18.4. The van der Waals surface area contributed by atoms with E-state index in [-0.39, 0.29) is 25.2 Å². The van der Waals surface area contributed by atoms with Gasteiger partial charge in [-0.05, 0) is 27.7 Å². The number of aliphatic carboxylic acids is 1. The minimum absolute atomic E-state index is 0.0344. The zero-order valence-electron chi connectivity index (χ0n) is 18.4. The second-order valence-electron chi connectivity index (χ2n) is 8.46. The van der Waals surface area contributed by atoms with Gasteiger partial charge in [0.2, 0.25) is 5.91 Å². The van der Waals surface area contributed by atoms with Gasteiger partial charge in [-0.1, -0.05) is 10.3 Å². The van der Waals surface area contributed by atoms with E-state index in [1.54, 1.807) is 0 Å². The fourth-order valence-corrected chi connectivity index (χ4v) is 3.18. The van der Waals surface area contributed by atoms with E-state index < -0.39 is 17.0 Å². The fourth-order valence-electron chi connectivity index (χ4n) is 3.18. The second-order valence-corrected chi connectivity index (χ2v) is 8.46. The first-order valence-corrected chi connectivity index (χ1v) is 10.2. The van der Waals surface area contributed by atoms with Crippen LogP contribution in [-0.4, -0.2) is 94.1 Å². The molecule has 0 bridgehead atoms. The highest BCUT2D eigenvalue weighted by Gasteiger charge is 2.33. The highest BCUT2D eigenvalue weighted by Crippen LogP contribution is 2.16. The first kappa shape index (κ1) is 25.8. The number of carbonyl (C=O) groups excluding carboxylic acids is 1. The molecule has 1 aliphatic rings. The van der Waals surface area contributed by atoms with E-state index in [0.29, 0.717) is 50.7 Å². The van der Waals surface area contributed by atoms with Crippen LogP contribution < -0.4 is 16.0 Å². The van der Waals surface area contributed by atoms with Crippen LogP contribution in [0.15, 0.2) is 10.3 Å². The average Bonchev–Trinajstić information content (AvgIpc) is 2.65. The number of carbonyl (C=O) groups is 2. The van der Waals surface area contributed by atoms with Crippen LogP contribution in [0.2, 0.25) is 0 Å². The highest BCUT2D eigenvalue weighted by molar-refractivity contribution is 6.11. The van der Waals surface area contributed by atoms with Crippen LogP contribution in [-0.2, 0) is 9.59 Å². The van der Waals surface area contributed by atoms with Crippen LogP contribution in [0.4, 0.5) is 0 Å². The number of oxime groups is 2. The Balaban J connectivity index is 2.77. The smallest absolute Gasteiger partial charge is 0.303 e. The summed E-state index contributed by atoms with van der Waals surface area (Å²) >= 11 is 0. The van der Waals surface area contributed by atoms with Crippen molar-refractivity contribution < 1.29 is 25.1 Å². The summed E-state index contributed by atoms with van der Waals surface area (Å²) in [6.07, 6.45) is 0.00347. The lowest BCUT2D eigenvalue weighted by Gasteiger charge is -2.34. The van der Waals surface area contributed by atoms with Gasteiger partial charge >= 0.3 is 5.97 Å². The second kappa shape index (κ2) is 11.8. The molecule has 172 valence electrons. The van der Waals surface area contributed by atoms with Crippen LogP contribution in [0.3, 0.4) is 0 Å². The first-order valence-electron chi connectivity index (χ1n) is 10.2. The molecule has 0 atom stereocenters. The molecular weight excluding hydrogens is 392 g/mol. The number of rotatable bonds is 6. The Morgan fingerprint density at radius 1 is 1.00 bits per heavy atom. The molecule has 0 saturated carbocycles. The molecule has 1 rings (SSSR count). The van der Waals surface area contributed by atoms with Crippen molar-refractivity contribution in [1.82, 2.24) is 20.9 Å². The fraction of sp³-hybridized carbons (Fsp3) is 0.789. The van der Waals surface area contributed by atoms with Crippen molar-refractivity contribution >= 4 is 23.3 Å². The van der Waals surface area contributed by atoms with E-state index in [0.717, 1.165) is 0 Å². The molecule has 0 unspecified atom stereocenters. The monoisotopic (exact) mass is 428 g/mol. The molecule has 11 heteroatoms. The predicted octanol–water partition coefficient (Wildman–Crippen LogP) is 0.0699. The Morgan fingerprint density at radius 2 is 1.50 bits per heavy atom. The quantitative estimate of drug-likeness (QED) is 0.256. The average molecular weight is 429 g/mol. The van der Waals surface area contributed by atoms with Crippen molar-refractivity contribution in [1.29, 1.82) is 0 Å². The van der Waals surface area contributed by atoms with E-state index in [4.69, 9.17) is 5.11 Å². The summed E-state index contributed by atoms with van der Waals surface area (Å²) in [6, 6.07) is 0. The molecule has 1 amide bonds. The van der Waals surface area contributed by atoms with E-state index in [1.165, 1.54) is 0 Å². The van der Waals surface area contributed by atoms with Gasteiger partial charge in [0.15, 0.2) is 0 Å². The minimum Gasteiger partial charge on any atom is -0.481 e. The summed E-state index contributed by atoms with van der Waals surface area (Å²) in [4.78, 5) is 24.4. The maximum atomic E-state index is 11.7. The molecule has 1 saturated heterocycles. The zero-order chi connectivity index (χ0) is 22.8. The highest BCUT2D eigenvalue weighted by atomic mass is 16.4. The molecule has 0 aromatic heterocycles. The number of hydrogen-bond donors (Lipinski definition) is 6. The minimum atomic E-state index is -0.993. The molecule has 0 radical (unpaired) electrons. The summed E-state index contributed by atoms with van der Waals surface area (Å²) in [5, 5.41) is 44.1. The summed E-state index contributed by atoms with van der Waals surface area (Å²) in [6.45, 7) is 11.3. The number of carboxylic acid groups (broad SMARTS) is 1. The third kappa shape index (κ3) is 8.64. The van der Waals surface area contributed by atoms with Gasteiger partial charge in [0.25, 0.3) is 0 Å². The Kier molecular flexibility index (Phi) is 10.2. The number of nitrogens with one attached hydrogen (secondary N) is 3. The van der Waals surface area contributed by atoms with Gasteiger partial charge in [-0.15, -0.1) is 0 Å². The lowest BCUT2D eigenvalue weighted by atomic mass is 9.87. The van der Waals surface area contributed by atoms with E-state index >= 15 is 0 Å². The van der Waals surface area contributed by atoms with Crippen LogP contribution in [0, 0.1) is 0 Å². The molecule has 1 heterocycles. The van der Waals surface area contributed by atoms with Gasteiger partial charge < -0.3 is 31.5 Å². The third-order valence-corrected chi connectivity index (χ3v) is 5.33. The van der Waals surface area contributed by atoms with Crippen LogP contribution in [0.5, 0.6) is 0 Å². The topological polar surface area (TPSA) is 159 Å². The van der Waals surface area contributed by atoms with Crippen molar-refractivity contribution in [2.75, 3.05) is 39.3 Å². The summed E-state index contributed by atoms with van der Waals surface area (Å²) < 4.78 is 0. The SMILES string of the molecule is CC1(C)NCCN(CCNC(=O)CCC(=O)O)CCNC(C)(C)/C(=N\O)C/C1=N/O. The maximum absolute atomic E-state index is 11.7. The van der Waals surface area contributed by atoms with Crippen LogP contribution in [0.1, 0.15) is 47.0 Å². The van der Waals surface area contributed by atoms with E-state index in [2.05, 4.69) is 31.2 Å². The van der Waals surface area contributed by atoms with E-state index in [1.807, 2.05) is 27.7 Å². The van der Waals surface area contributed by atoms with E-state index in [9.17, 15) is 20.0 Å². The number of carboxylic acids is 1. The molecule has 30 heavy (non-hydrogen) atoms. The van der Waals surface area contributed by atoms with Crippen molar-refractivity contribution in [2.24, 2.45) is 10.3 Å². The molecule has 0 spiro atoms. The summed E-state index contributed by atoms with van der Waals surface area (Å²) in [7, 11) is 0. The number of amides is 1. The number of hydrogen-bond acceptors (Lipinski definition) is 9. The lowest BCUT2D eigenvalue weighted by molar-refractivity contribution is -0.138. The molecular formula is C19H36N6O5. The molecule has 0 aromatic carbocycles. The maximum Gasteiger partial charge on any atom is 0.303 e. The van der Waals surface area contributed by atoms with Gasteiger partial charge in [-0.2, -0.15) is 0 Å². The molecule has 0 aromatic rings. The van der Waals surface area contributed by atoms with Crippen LogP contribution >= 0.6 is 0 Å². The normalized spacial score (nSPS) is 23.5. The Bertz CT molecular complexity index is 611. The van der Waals surface area contributed by atoms with Gasteiger partial charge in [0, 0.05) is 52.1 Å².